The molecule has 2 aliphatic heterocycles. The van der Waals surface area contributed by atoms with Crippen molar-refractivity contribution in [1.82, 2.24) is 15.2 Å². The molecule has 8 nitrogen and oxygen atoms in total. The van der Waals surface area contributed by atoms with E-state index in [2.05, 4.69) is 46.1 Å². The number of benzene rings is 2. The Hall–Kier alpha value is -3.07. The Bertz CT molecular complexity index is 1150. The van der Waals surface area contributed by atoms with Gasteiger partial charge in [-0.2, -0.15) is 0 Å². The number of aromatic carboxylic acids is 1. The summed E-state index contributed by atoms with van der Waals surface area (Å²) in [4.78, 5) is 19.5. The van der Waals surface area contributed by atoms with E-state index in [1.165, 1.54) is 11.3 Å². The van der Waals surface area contributed by atoms with E-state index in [1.54, 1.807) is 19.2 Å². The van der Waals surface area contributed by atoms with Gasteiger partial charge in [-0.25, -0.2) is 4.79 Å². The van der Waals surface area contributed by atoms with Gasteiger partial charge in [-0.15, -0.1) is 0 Å². The lowest BCUT2D eigenvalue weighted by molar-refractivity contribution is -0.0166. The molecule has 38 heavy (non-hydrogen) atoms. The average Bonchev–Trinajstić information content (AvgIpc) is 3.34. The van der Waals surface area contributed by atoms with Crippen molar-refractivity contribution in [1.29, 1.82) is 0 Å². The number of unbranched alkanes of at least 4 members (excludes halogenated alkanes) is 1. The molecule has 2 atom stereocenters. The van der Waals surface area contributed by atoms with Gasteiger partial charge in [0.25, 0.3) is 0 Å². The number of nitrogens with zero attached hydrogens (tertiary/aromatic N) is 2. The van der Waals surface area contributed by atoms with Gasteiger partial charge >= 0.3 is 5.97 Å². The van der Waals surface area contributed by atoms with E-state index >= 15 is 0 Å². The molecule has 0 bridgehead atoms. The molecular weight excluding hydrogens is 480 g/mol. The third kappa shape index (κ3) is 7.72. The third-order valence-corrected chi connectivity index (χ3v) is 7.32. The second-order valence-corrected chi connectivity index (χ2v) is 10.3. The number of hydrogen-bond donors (Lipinski definition) is 3. The summed E-state index contributed by atoms with van der Waals surface area (Å²) < 4.78 is 10.7. The minimum atomic E-state index is -0.877. The number of H-pyrrole nitrogens is 1. The van der Waals surface area contributed by atoms with E-state index in [0.717, 1.165) is 81.7 Å². The normalized spacial score (nSPS) is 20.1. The average molecular weight is 523 g/mol. The lowest BCUT2D eigenvalue weighted by atomic mass is 10.0. The Labute approximate surface area is 225 Å². The van der Waals surface area contributed by atoms with Crippen molar-refractivity contribution in [3.05, 3.63) is 59.8 Å². The number of piperazine rings is 1. The maximum atomic E-state index is 11.2. The minimum absolute atomic E-state index is 0.345. The first kappa shape index (κ1) is 28.0. The van der Waals surface area contributed by atoms with Gasteiger partial charge in [-0.1, -0.05) is 0 Å². The topological polar surface area (TPSA) is 90.1 Å². The zero-order valence-electron chi connectivity index (χ0n) is 22.9. The van der Waals surface area contributed by atoms with E-state index in [-0.39, 0.29) is 0 Å². The number of aromatic nitrogens is 1. The maximum Gasteiger partial charge on any atom is 0.335 e. The highest BCUT2D eigenvalue weighted by atomic mass is 16.5. The van der Waals surface area contributed by atoms with Crippen LogP contribution in [-0.2, 0) is 11.2 Å². The Balaban J connectivity index is 0.000000360. The van der Waals surface area contributed by atoms with Gasteiger partial charge in [0.05, 0.1) is 24.9 Å². The number of fused-ring (bicyclic) bond motifs is 1. The van der Waals surface area contributed by atoms with Crippen LogP contribution in [0.2, 0.25) is 0 Å². The monoisotopic (exact) mass is 522 g/mol. The van der Waals surface area contributed by atoms with Crippen LogP contribution in [-0.4, -0.2) is 86.1 Å². The van der Waals surface area contributed by atoms with Crippen LogP contribution in [0.1, 0.15) is 42.6 Å². The number of ether oxygens (including phenoxy) is 2. The molecule has 2 aromatic carbocycles. The fourth-order valence-corrected chi connectivity index (χ4v) is 5.17. The Morgan fingerprint density at radius 1 is 1.03 bits per heavy atom. The predicted molar refractivity (Wildman–Crippen MR) is 153 cm³/mol. The first-order valence-corrected chi connectivity index (χ1v) is 13.7. The van der Waals surface area contributed by atoms with E-state index < -0.39 is 5.97 Å². The van der Waals surface area contributed by atoms with Crippen LogP contribution in [0, 0.1) is 0 Å². The molecule has 0 radical (unpaired) electrons. The molecular formula is C30H42N4O4. The molecule has 8 heteroatoms. The van der Waals surface area contributed by atoms with Crippen molar-refractivity contribution in [2.75, 3.05) is 57.8 Å². The van der Waals surface area contributed by atoms with Gasteiger partial charge in [0.1, 0.15) is 5.75 Å². The van der Waals surface area contributed by atoms with Crippen molar-refractivity contribution in [3.8, 4) is 5.75 Å². The first-order valence-electron chi connectivity index (χ1n) is 13.7. The largest absolute Gasteiger partial charge is 0.497 e. The summed E-state index contributed by atoms with van der Waals surface area (Å²) >= 11 is 0. The molecule has 2 unspecified atom stereocenters. The molecule has 3 heterocycles. The van der Waals surface area contributed by atoms with E-state index in [1.807, 2.05) is 24.4 Å². The lowest BCUT2D eigenvalue weighted by Gasteiger charge is -2.36. The summed E-state index contributed by atoms with van der Waals surface area (Å²) in [6.07, 6.45) is 6.03. The lowest BCUT2D eigenvalue weighted by Crippen LogP contribution is -2.46. The summed E-state index contributed by atoms with van der Waals surface area (Å²) in [7, 11) is 1.69. The number of carboxylic acid groups (broad SMARTS) is 1. The number of hydrogen-bond acceptors (Lipinski definition) is 6. The highest BCUT2D eigenvalue weighted by molar-refractivity contribution is 5.94. The Morgan fingerprint density at radius 3 is 2.34 bits per heavy atom. The van der Waals surface area contributed by atoms with E-state index in [4.69, 9.17) is 9.47 Å². The van der Waals surface area contributed by atoms with Gasteiger partial charge in [0.15, 0.2) is 0 Å². The number of carboxylic acids is 1. The van der Waals surface area contributed by atoms with Crippen LogP contribution in [0.3, 0.4) is 0 Å². The van der Waals surface area contributed by atoms with Crippen molar-refractivity contribution in [3.63, 3.8) is 0 Å². The molecule has 0 aliphatic carbocycles. The van der Waals surface area contributed by atoms with Crippen LogP contribution >= 0.6 is 0 Å². The SMILES string of the molecule is CC1CNCC(C)O1.COc1ccc(N2CCN(CCCCc3c[nH]c4ccc(C(=O)O)cc34)CC2)cc1. The van der Waals surface area contributed by atoms with Gasteiger partial charge in [-0.3, -0.25) is 4.90 Å². The Kier molecular flexibility index (Phi) is 10.0. The molecule has 0 amide bonds. The number of aromatic amines is 1. The van der Waals surface area contributed by atoms with Crippen molar-refractivity contribution in [2.45, 2.75) is 45.3 Å². The number of anilines is 1. The van der Waals surface area contributed by atoms with Gasteiger partial charge in [-0.05, 0) is 87.7 Å². The van der Waals surface area contributed by atoms with Crippen LogP contribution in [0.4, 0.5) is 5.69 Å². The highest BCUT2D eigenvalue weighted by Gasteiger charge is 2.17. The molecule has 1 aromatic heterocycles. The number of methoxy groups -OCH3 is 1. The number of nitrogens with one attached hydrogen (secondary N) is 2. The number of aryl methyl sites for hydroxylation is 1. The second-order valence-electron chi connectivity index (χ2n) is 10.3. The van der Waals surface area contributed by atoms with Crippen LogP contribution in [0.25, 0.3) is 10.9 Å². The summed E-state index contributed by atoms with van der Waals surface area (Å²) in [6, 6.07) is 13.6. The van der Waals surface area contributed by atoms with Crippen molar-refractivity contribution >= 4 is 22.6 Å². The standard InChI is InChI=1S/C24H29N3O3.C6H13NO/c1-30-21-8-6-20(7-9-21)27-14-12-26(13-15-27)11-3-2-4-19-17-25-23-10-5-18(24(28)29)16-22(19)23;1-5-3-7-4-6(2)8-5/h5-10,16-17,25H,2-4,11-15H2,1H3,(H,28,29);5-7H,3-4H2,1-2H3. The van der Waals surface area contributed by atoms with Crippen LogP contribution in [0.15, 0.2) is 48.7 Å². The quantitative estimate of drug-likeness (QED) is 0.378. The fourth-order valence-electron chi connectivity index (χ4n) is 5.17. The van der Waals surface area contributed by atoms with Crippen molar-refractivity contribution in [2.24, 2.45) is 0 Å². The smallest absolute Gasteiger partial charge is 0.335 e. The predicted octanol–water partition coefficient (Wildman–Crippen LogP) is 4.40. The summed E-state index contributed by atoms with van der Waals surface area (Å²) in [5.74, 6) is 0.0182. The zero-order valence-corrected chi connectivity index (χ0v) is 22.9. The number of carbonyl (C=O) groups is 1. The summed E-state index contributed by atoms with van der Waals surface area (Å²) in [5.41, 5.74) is 3.82. The van der Waals surface area contributed by atoms with Gasteiger partial charge < -0.3 is 29.8 Å². The number of morpholine rings is 1. The zero-order chi connectivity index (χ0) is 26.9. The van der Waals surface area contributed by atoms with E-state index in [0.29, 0.717) is 17.8 Å². The van der Waals surface area contributed by atoms with Crippen molar-refractivity contribution < 1.29 is 19.4 Å². The molecule has 2 fully saturated rings. The highest BCUT2D eigenvalue weighted by Crippen LogP contribution is 2.23. The third-order valence-electron chi connectivity index (χ3n) is 7.32. The Morgan fingerprint density at radius 2 is 1.74 bits per heavy atom. The minimum Gasteiger partial charge on any atom is -0.497 e. The first-order chi connectivity index (χ1) is 18.4. The fraction of sp³-hybridized carbons (Fsp3) is 0.500. The molecule has 5 rings (SSSR count). The van der Waals surface area contributed by atoms with Gasteiger partial charge in [0.2, 0.25) is 0 Å². The second kappa shape index (κ2) is 13.6. The van der Waals surface area contributed by atoms with Gasteiger partial charge in [0, 0.05) is 62.1 Å². The molecule has 0 spiro atoms. The maximum absolute atomic E-state index is 11.2. The number of rotatable bonds is 8. The molecule has 3 aromatic rings. The van der Waals surface area contributed by atoms with E-state index in [9.17, 15) is 9.90 Å². The van der Waals surface area contributed by atoms with Crippen LogP contribution < -0.4 is 15.0 Å². The molecule has 2 saturated heterocycles. The summed E-state index contributed by atoms with van der Waals surface area (Å²) in [6.45, 7) is 11.6. The molecule has 2 aliphatic rings. The molecule has 206 valence electrons. The molecule has 0 saturated carbocycles. The molecule has 3 N–H and O–H groups in total. The van der Waals surface area contributed by atoms with Crippen LogP contribution in [0.5, 0.6) is 5.75 Å². The summed E-state index contributed by atoms with van der Waals surface area (Å²) in [5, 5.41) is 13.5.